The summed E-state index contributed by atoms with van der Waals surface area (Å²) in [6.07, 6.45) is 2.58. The van der Waals surface area contributed by atoms with E-state index in [-0.39, 0.29) is 18.5 Å². The van der Waals surface area contributed by atoms with E-state index in [0.29, 0.717) is 6.54 Å². The number of carbonyl (C=O) groups is 1. The molecule has 1 atom stereocenters. The van der Waals surface area contributed by atoms with Crippen molar-refractivity contribution < 1.29 is 9.21 Å². The summed E-state index contributed by atoms with van der Waals surface area (Å²) < 4.78 is 5.47. The first-order valence-electron chi connectivity index (χ1n) is 6.89. The van der Waals surface area contributed by atoms with Crippen molar-refractivity contribution in [1.29, 1.82) is 0 Å². The number of hydrogen-bond donors (Lipinski definition) is 2. The molecule has 4 nitrogen and oxygen atoms in total. The molecule has 20 heavy (non-hydrogen) atoms. The van der Waals surface area contributed by atoms with Crippen molar-refractivity contribution in [3.8, 4) is 0 Å². The highest BCUT2D eigenvalue weighted by molar-refractivity contribution is 5.78. The molecule has 0 bridgehead atoms. The van der Waals surface area contributed by atoms with Gasteiger partial charge in [0.25, 0.3) is 0 Å². The van der Waals surface area contributed by atoms with Gasteiger partial charge in [-0.05, 0) is 24.1 Å². The van der Waals surface area contributed by atoms with E-state index in [0.717, 1.165) is 17.7 Å². The van der Waals surface area contributed by atoms with E-state index in [2.05, 4.69) is 10.6 Å². The van der Waals surface area contributed by atoms with Crippen molar-refractivity contribution in [2.24, 2.45) is 0 Å². The summed E-state index contributed by atoms with van der Waals surface area (Å²) in [6.45, 7) is 3.00. The summed E-state index contributed by atoms with van der Waals surface area (Å²) in [4.78, 5) is 11.7. The van der Waals surface area contributed by atoms with Crippen LogP contribution in [0.25, 0.3) is 0 Å². The monoisotopic (exact) mass is 272 g/mol. The fraction of sp³-hybridized carbons (Fsp3) is 0.312. The maximum Gasteiger partial charge on any atom is 0.233 e. The van der Waals surface area contributed by atoms with Crippen molar-refractivity contribution in [3.05, 3.63) is 60.1 Å². The summed E-state index contributed by atoms with van der Waals surface area (Å²) in [5, 5.41) is 6.09. The number of amides is 1. The van der Waals surface area contributed by atoms with Gasteiger partial charge in [0, 0.05) is 6.54 Å². The first-order valence-corrected chi connectivity index (χ1v) is 6.89. The van der Waals surface area contributed by atoms with E-state index in [9.17, 15) is 4.79 Å². The number of rotatable bonds is 7. The van der Waals surface area contributed by atoms with E-state index in [1.165, 1.54) is 0 Å². The molecule has 2 rings (SSSR count). The number of furan rings is 1. The molecule has 1 aromatic carbocycles. The molecule has 0 radical (unpaired) electrons. The molecule has 1 amide bonds. The van der Waals surface area contributed by atoms with Gasteiger partial charge in [-0.1, -0.05) is 37.3 Å². The molecular formula is C16H20N2O2. The Hall–Kier alpha value is -2.07. The highest BCUT2D eigenvalue weighted by Gasteiger charge is 2.17. The largest absolute Gasteiger partial charge is 0.467 e. The zero-order chi connectivity index (χ0) is 14.2. The lowest BCUT2D eigenvalue weighted by atomic mass is 10.0. The summed E-state index contributed by atoms with van der Waals surface area (Å²) in [5.74, 6) is 0.804. The first kappa shape index (κ1) is 14.3. The van der Waals surface area contributed by atoms with Crippen LogP contribution in [0.2, 0.25) is 0 Å². The quantitative estimate of drug-likeness (QED) is 0.814. The summed E-state index contributed by atoms with van der Waals surface area (Å²) in [7, 11) is 0. The molecular weight excluding hydrogens is 252 g/mol. The van der Waals surface area contributed by atoms with E-state index in [4.69, 9.17) is 4.42 Å². The molecule has 0 aliphatic heterocycles. The van der Waals surface area contributed by atoms with Crippen LogP contribution in [0.15, 0.2) is 53.1 Å². The van der Waals surface area contributed by atoms with Crippen molar-refractivity contribution >= 4 is 5.91 Å². The highest BCUT2D eigenvalue weighted by Crippen LogP contribution is 2.21. The van der Waals surface area contributed by atoms with Gasteiger partial charge in [0.05, 0.1) is 18.8 Å². The van der Waals surface area contributed by atoms with Crippen molar-refractivity contribution in [2.45, 2.75) is 19.4 Å². The molecule has 106 valence electrons. The molecule has 1 aromatic heterocycles. The van der Waals surface area contributed by atoms with Gasteiger partial charge < -0.3 is 9.73 Å². The van der Waals surface area contributed by atoms with Gasteiger partial charge in [-0.3, -0.25) is 10.1 Å². The topological polar surface area (TPSA) is 54.3 Å². The molecule has 2 N–H and O–H groups in total. The molecule has 0 spiro atoms. The Balaban J connectivity index is 2.03. The van der Waals surface area contributed by atoms with E-state index in [1.807, 2.05) is 49.4 Å². The van der Waals surface area contributed by atoms with Gasteiger partial charge in [0.2, 0.25) is 5.91 Å². The molecule has 0 aliphatic carbocycles. The lowest BCUT2D eigenvalue weighted by Gasteiger charge is -2.17. The van der Waals surface area contributed by atoms with Crippen LogP contribution in [0.1, 0.15) is 30.7 Å². The van der Waals surface area contributed by atoms with Crippen LogP contribution in [0.4, 0.5) is 0 Å². The minimum absolute atomic E-state index is 0.000614. The minimum Gasteiger partial charge on any atom is -0.467 e. The van der Waals surface area contributed by atoms with Gasteiger partial charge in [-0.2, -0.15) is 0 Å². The fourth-order valence-electron chi connectivity index (χ4n) is 2.01. The third kappa shape index (κ3) is 3.96. The second-order valence-corrected chi connectivity index (χ2v) is 4.59. The van der Waals surface area contributed by atoms with E-state index >= 15 is 0 Å². The van der Waals surface area contributed by atoms with Crippen LogP contribution in [0, 0.1) is 0 Å². The maximum atomic E-state index is 11.7. The van der Waals surface area contributed by atoms with Crippen LogP contribution in [-0.4, -0.2) is 19.0 Å². The van der Waals surface area contributed by atoms with Gasteiger partial charge in [-0.15, -0.1) is 0 Å². The average Bonchev–Trinajstić information content (AvgIpc) is 3.00. The average molecular weight is 272 g/mol. The predicted molar refractivity (Wildman–Crippen MR) is 78.3 cm³/mol. The van der Waals surface area contributed by atoms with Crippen LogP contribution in [0.3, 0.4) is 0 Å². The van der Waals surface area contributed by atoms with E-state index in [1.54, 1.807) is 6.26 Å². The van der Waals surface area contributed by atoms with Gasteiger partial charge in [0.1, 0.15) is 5.76 Å². The summed E-state index contributed by atoms with van der Waals surface area (Å²) in [5.41, 5.74) is 1.07. The second-order valence-electron chi connectivity index (χ2n) is 4.59. The van der Waals surface area contributed by atoms with E-state index < -0.39 is 0 Å². The summed E-state index contributed by atoms with van der Waals surface area (Å²) >= 11 is 0. The Kier molecular flexibility index (Phi) is 5.38. The Bertz CT molecular complexity index is 509. The zero-order valence-electron chi connectivity index (χ0n) is 11.6. The Morgan fingerprint density at radius 1 is 1.20 bits per heavy atom. The SMILES string of the molecule is CCCNC(=O)CN[C@@H](c1ccccc1)c1ccco1. The fourth-order valence-corrected chi connectivity index (χ4v) is 2.01. The molecule has 0 unspecified atom stereocenters. The van der Waals surface area contributed by atoms with Gasteiger partial charge in [0.15, 0.2) is 0 Å². The maximum absolute atomic E-state index is 11.7. The third-order valence-corrected chi connectivity index (χ3v) is 3.00. The second kappa shape index (κ2) is 7.50. The molecule has 0 saturated heterocycles. The summed E-state index contributed by atoms with van der Waals surface area (Å²) in [6, 6.07) is 13.6. The molecule has 1 heterocycles. The number of benzene rings is 1. The Morgan fingerprint density at radius 2 is 2.00 bits per heavy atom. The normalized spacial score (nSPS) is 12.1. The molecule has 0 aliphatic rings. The van der Waals surface area contributed by atoms with Crippen molar-refractivity contribution in [1.82, 2.24) is 10.6 Å². The smallest absolute Gasteiger partial charge is 0.233 e. The lowest BCUT2D eigenvalue weighted by molar-refractivity contribution is -0.120. The van der Waals surface area contributed by atoms with Gasteiger partial charge >= 0.3 is 0 Å². The molecule has 2 aromatic rings. The zero-order valence-corrected chi connectivity index (χ0v) is 11.6. The lowest BCUT2D eigenvalue weighted by Crippen LogP contribution is -2.36. The number of hydrogen-bond acceptors (Lipinski definition) is 3. The standard InChI is InChI=1S/C16H20N2O2/c1-2-10-17-15(19)12-18-16(14-9-6-11-20-14)13-7-4-3-5-8-13/h3-9,11,16,18H,2,10,12H2,1H3,(H,17,19)/t16-/m0/s1. The highest BCUT2D eigenvalue weighted by atomic mass is 16.3. The molecule has 0 fully saturated rings. The molecule has 0 saturated carbocycles. The number of nitrogens with one attached hydrogen (secondary N) is 2. The Labute approximate surface area is 119 Å². The Morgan fingerprint density at radius 3 is 2.65 bits per heavy atom. The van der Waals surface area contributed by atoms with Crippen LogP contribution in [-0.2, 0) is 4.79 Å². The predicted octanol–water partition coefficient (Wildman–Crippen LogP) is 2.48. The minimum atomic E-state index is -0.112. The molecule has 4 heteroatoms. The van der Waals surface area contributed by atoms with Gasteiger partial charge in [-0.25, -0.2) is 0 Å². The third-order valence-electron chi connectivity index (χ3n) is 3.00. The number of carbonyl (C=O) groups excluding carboxylic acids is 1. The van der Waals surface area contributed by atoms with Crippen LogP contribution in [0.5, 0.6) is 0 Å². The first-order chi connectivity index (χ1) is 9.81. The van der Waals surface area contributed by atoms with Crippen LogP contribution >= 0.6 is 0 Å². The van der Waals surface area contributed by atoms with Crippen molar-refractivity contribution in [2.75, 3.05) is 13.1 Å². The van der Waals surface area contributed by atoms with Crippen molar-refractivity contribution in [3.63, 3.8) is 0 Å². The van der Waals surface area contributed by atoms with Crippen LogP contribution < -0.4 is 10.6 Å².